The lowest BCUT2D eigenvalue weighted by Gasteiger charge is -2.04. The van der Waals surface area contributed by atoms with Gasteiger partial charge in [0.1, 0.15) is 5.82 Å². The summed E-state index contributed by atoms with van der Waals surface area (Å²) < 4.78 is 0.792. The number of rotatable bonds is 2. The number of hydrogen-bond donors (Lipinski definition) is 3. The van der Waals surface area contributed by atoms with Gasteiger partial charge in [0.15, 0.2) is 0 Å². The van der Waals surface area contributed by atoms with Gasteiger partial charge in [-0.2, -0.15) is 5.10 Å². The zero-order valence-corrected chi connectivity index (χ0v) is 9.25. The average molecular weight is 266 g/mol. The molecule has 2 rings (SSSR count). The van der Waals surface area contributed by atoms with Crippen LogP contribution in [0.25, 0.3) is 0 Å². The fraction of sp³-hybridized carbons (Fsp3) is 0. The third-order valence-electron chi connectivity index (χ3n) is 1.94. The lowest BCUT2D eigenvalue weighted by molar-refractivity contribution is 1.09. The molecular formula is C9H8BrN5. The van der Waals surface area contributed by atoms with Gasteiger partial charge in [-0.05, 0) is 22.0 Å². The highest BCUT2D eigenvalue weighted by atomic mass is 79.9. The van der Waals surface area contributed by atoms with Gasteiger partial charge in [-0.15, -0.1) is 0 Å². The maximum atomic E-state index is 7.92. The van der Waals surface area contributed by atoms with Crippen molar-refractivity contribution in [2.24, 2.45) is 0 Å². The van der Waals surface area contributed by atoms with E-state index in [1.54, 1.807) is 24.7 Å². The molecule has 0 radical (unpaired) electrons. The number of aromatic nitrogens is 3. The fourth-order valence-corrected chi connectivity index (χ4v) is 1.52. The van der Waals surface area contributed by atoms with Crippen LogP contribution in [0.1, 0.15) is 11.1 Å². The summed E-state index contributed by atoms with van der Waals surface area (Å²) in [7, 11) is 0. The quantitative estimate of drug-likeness (QED) is 0.720. The number of nitrogens with two attached hydrogens (primary N) is 1. The van der Waals surface area contributed by atoms with Gasteiger partial charge in [0.25, 0.3) is 0 Å². The molecule has 0 bridgehead atoms. The van der Waals surface area contributed by atoms with Crippen molar-refractivity contribution in [3.05, 3.63) is 40.3 Å². The van der Waals surface area contributed by atoms with Crippen LogP contribution in [-0.2, 0) is 0 Å². The Morgan fingerprint density at radius 3 is 2.93 bits per heavy atom. The molecule has 76 valence electrons. The van der Waals surface area contributed by atoms with Crippen molar-refractivity contribution < 1.29 is 0 Å². The Labute approximate surface area is 94.4 Å². The topological polar surface area (TPSA) is 91.4 Å². The highest BCUT2D eigenvalue weighted by Crippen LogP contribution is 2.18. The highest BCUT2D eigenvalue weighted by Gasteiger charge is 2.10. The zero-order chi connectivity index (χ0) is 10.8. The smallest absolute Gasteiger partial charge is 0.132 e. The van der Waals surface area contributed by atoms with Gasteiger partial charge in [-0.3, -0.25) is 10.5 Å². The molecule has 0 aliphatic carbocycles. The number of nitrogens with zero attached hydrogens (tertiary/aromatic N) is 2. The minimum Gasteiger partial charge on any atom is -0.383 e. The van der Waals surface area contributed by atoms with E-state index in [2.05, 4.69) is 31.1 Å². The van der Waals surface area contributed by atoms with E-state index in [1.807, 2.05) is 0 Å². The van der Waals surface area contributed by atoms with E-state index < -0.39 is 0 Å². The van der Waals surface area contributed by atoms with E-state index in [0.29, 0.717) is 22.7 Å². The van der Waals surface area contributed by atoms with E-state index >= 15 is 0 Å². The average Bonchev–Trinajstić information content (AvgIpc) is 2.74. The molecule has 0 aliphatic rings. The lowest BCUT2D eigenvalue weighted by atomic mass is 10.1. The summed E-state index contributed by atoms with van der Waals surface area (Å²) in [6, 6.07) is 1.76. The third kappa shape index (κ3) is 1.89. The van der Waals surface area contributed by atoms with E-state index in [-0.39, 0.29) is 0 Å². The molecule has 2 aromatic heterocycles. The SMILES string of the molecule is N=C(c1cn[nH]c1)c1cc(Br)cnc1N. The van der Waals surface area contributed by atoms with Gasteiger partial charge in [0, 0.05) is 28.0 Å². The summed E-state index contributed by atoms with van der Waals surface area (Å²) >= 11 is 3.29. The van der Waals surface area contributed by atoms with Crippen molar-refractivity contribution in [1.29, 1.82) is 5.41 Å². The first kappa shape index (κ1) is 9.85. The van der Waals surface area contributed by atoms with Crippen LogP contribution in [0, 0.1) is 5.41 Å². The molecule has 0 spiro atoms. The molecule has 15 heavy (non-hydrogen) atoms. The van der Waals surface area contributed by atoms with Gasteiger partial charge >= 0.3 is 0 Å². The number of anilines is 1. The molecule has 0 saturated heterocycles. The Bertz CT molecular complexity index is 491. The summed E-state index contributed by atoms with van der Waals surface area (Å²) in [5.74, 6) is 0.337. The van der Waals surface area contributed by atoms with Gasteiger partial charge in [0.05, 0.1) is 11.9 Å². The van der Waals surface area contributed by atoms with Crippen molar-refractivity contribution in [3.63, 3.8) is 0 Å². The summed E-state index contributed by atoms with van der Waals surface area (Å²) in [5, 5.41) is 14.4. The molecule has 0 amide bonds. The van der Waals surface area contributed by atoms with Crippen molar-refractivity contribution in [1.82, 2.24) is 15.2 Å². The van der Waals surface area contributed by atoms with Crippen LogP contribution in [0.3, 0.4) is 0 Å². The maximum absolute atomic E-state index is 7.92. The summed E-state index contributed by atoms with van der Waals surface area (Å²) in [6.45, 7) is 0. The maximum Gasteiger partial charge on any atom is 0.132 e. The molecule has 5 nitrogen and oxygen atoms in total. The van der Waals surface area contributed by atoms with E-state index in [4.69, 9.17) is 11.1 Å². The van der Waals surface area contributed by atoms with Crippen molar-refractivity contribution in [2.75, 3.05) is 5.73 Å². The van der Waals surface area contributed by atoms with Crippen LogP contribution < -0.4 is 5.73 Å². The molecule has 0 saturated carbocycles. The largest absolute Gasteiger partial charge is 0.383 e. The van der Waals surface area contributed by atoms with Gasteiger partial charge < -0.3 is 5.73 Å². The standard InChI is InChI=1S/C9H8BrN5/c10-6-1-7(9(12)13-4-6)8(11)5-2-14-15-3-5/h1-4,11H,(H2,12,13)(H,14,15). The Balaban J connectivity index is 2.46. The van der Waals surface area contributed by atoms with Crippen LogP contribution in [-0.4, -0.2) is 20.9 Å². The summed E-state index contributed by atoms with van der Waals surface area (Å²) in [4.78, 5) is 3.97. The molecule has 2 heterocycles. The normalized spacial score (nSPS) is 10.2. The van der Waals surface area contributed by atoms with Crippen LogP contribution >= 0.6 is 15.9 Å². The Kier molecular flexibility index (Phi) is 2.51. The second-order valence-corrected chi connectivity index (χ2v) is 3.86. The van der Waals surface area contributed by atoms with E-state index in [9.17, 15) is 0 Å². The summed E-state index contributed by atoms with van der Waals surface area (Å²) in [6.07, 6.45) is 4.81. The molecule has 2 aromatic rings. The zero-order valence-electron chi connectivity index (χ0n) is 7.66. The molecule has 0 aliphatic heterocycles. The number of halogens is 1. The molecule has 6 heteroatoms. The number of H-pyrrole nitrogens is 1. The molecule has 0 atom stereocenters. The first-order valence-corrected chi connectivity index (χ1v) is 4.97. The van der Waals surface area contributed by atoms with E-state index in [1.165, 1.54) is 0 Å². The number of hydrogen-bond acceptors (Lipinski definition) is 4. The Morgan fingerprint density at radius 1 is 1.47 bits per heavy atom. The van der Waals surface area contributed by atoms with Crippen molar-refractivity contribution in [3.8, 4) is 0 Å². The van der Waals surface area contributed by atoms with Crippen LogP contribution in [0.5, 0.6) is 0 Å². The minimum atomic E-state index is 0.301. The third-order valence-corrected chi connectivity index (χ3v) is 2.38. The summed E-state index contributed by atoms with van der Waals surface area (Å²) in [5.41, 5.74) is 7.26. The Morgan fingerprint density at radius 2 is 2.27 bits per heavy atom. The number of nitrogens with one attached hydrogen (secondary N) is 2. The monoisotopic (exact) mass is 265 g/mol. The van der Waals surface area contributed by atoms with Gasteiger partial charge in [-0.1, -0.05) is 0 Å². The van der Waals surface area contributed by atoms with E-state index in [0.717, 1.165) is 4.47 Å². The van der Waals surface area contributed by atoms with Gasteiger partial charge in [0.2, 0.25) is 0 Å². The first-order chi connectivity index (χ1) is 7.18. The predicted molar refractivity (Wildman–Crippen MR) is 60.9 cm³/mol. The second-order valence-electron chi connectivity index (χ2n) is 2.95. The molecule has 4 N–H and O–H groups in total. The van der Waals surface area contributed by atoms with Gasteiger partial charge in [-0.25, -0.2) is 4.98 Å². The molecular weight excluding hydrogens is 258 g/mol. The fourth-order valence-electron chi connectivity index (χ4n) is 1.19. The first-order valence-electron chi connectivity index (χ1n) is 4.17. The van der Waals surface area contributed by atoms with Crippen LogP contribution in [0.15, 0.2) is 29.1 Å². The van der Waals surface area contributed by atoms with Crippen molar-refractivity contribution >= 4 is 27.5 Å². The van der Waals surface area contributed by atoms with Crippen LogP contribution in [0.4, 0.5) is 5.82 Å². The minimum absolute atomic E-state index is 0.301. The second kappa shape index (κ2) is 3.82. The predicted octanol–water partition coefficient (Wildman–Crippen LogP) is 1.57. The lowest BCUT2D eigenvalue weighted by Crippen LogP contribution is -2.06. The number of aromatic amines is 1. The number of nitrogen functional groups attached to an aromatic ring is 1. The molecule has 0 unspecified atom stereocenters. The van der Waals surface area contributed by atoms with Crippen LogP contribution in [0.2, 0.25) is 0 Å². The molecule has 0 aromatic carbocycles. The highest BCUT2D eigenvalue weighted by molar-refractivity contribution is 9.10. The number of pyridine rings is 1. The molecule has 0 fully saturated rings. The van der Waals surface area contributed by atoms with Crippen molar-refractivity contribution in [2.45, 2.75) is 0 Å². The Hall–Kier alpha value is -1.69.